The van der Waals surface area contributed by atoms with Crippen LogP contribution in [-0.2, 0) is 17.2 Å². The first-order valence-corrected chi connectivity index (χ1v) is 17.1. The highest BCUT2D eigenvalue weighted by Gasteiger charge is 2.57. The Balaban J connectivity index is 1.15. The van der Waals surface area contributed by atoms with Crippen LogP contribution in [0.3, 0.4) is 0 Å². The lowest BCUT2D eigenvalue weighted by Crippen LogP contribution is -2.47. The number of aliphatic hydroxyl groups is 1. The number of benzene rings is 1. The first kappa shape index (κ1) is 32.7. The van der Waals surface area contributed by atoms with Crippen molar-refractivity contribution in [3.8, 4) is 5.75 Å². The van der Waals surface area contributed by atoms with Crippen LogP contribution in [-0.4, -0.2) is 44.1 Å². The van der Waals surface area contributed by atoms with Crippen molar-refractivity contribution in [2.45, 2.75) is 127 Å². The van der Waals surface area contributed by atoms with Crippen molar-refractivity contribution in [1.29, 1.82) is 0 Å². The minimum atomic E-state index is -5.54. The summed E-state index contributed by atoms with van der Waals surface area (Å²) in [6, 6.07) is 5.92. The molecule has 0 aromatic heterocycles. The lowest BCUT2D eigenvalue weighted by molar-refractivity contribution is -0.284. The number of aromatic hydroxyl groups is 1. The van der Waals surface area contributed by atoms with Crippen LogP contribution in [0.5, 0.6) is 5.75 Å². The monoisotopic (exact) mass is 606 g/mol. The summed E-state index contributed by atoms with van der Waals surface area (Å²) in [4.78, 5) is 0. The van der Waals surface area contributed by atoms with Gasteiger partial charge < -0.3 is 10.2 Å². The molecule has 2 N–H and O–H groups in total. The molecule has 0 radical (unpaired) electrons. The molecular formula is C32H47F5O3S. The van der Waals surface area contributed by atoms with E-state index >= 15 is 0 Å². The predicted molar refractivity (Wildman–Crippen MR) is 153 cm³/mol. The fraction of sp³-hybridized carbons (Fsp3) is 0.812. The summed E-state index contributed by atoms with van der Waals surface area (Å²) in [7, 11) is -1.35. The van der Waals surface area contributed by atoms with Crippen molar-refractivity contribution in [2.24, 2.45) is 23.2 Å². The molecule has 2 fully saturated rings. The summed E-state index contributed by atoms with van der Waals surface area (Å²) in [6.07, 6.45) is 5.97. The first-order valence-electron chi connectivity index (χ1n) is 15.6. The predicted octanol–water partition coefficient (Wildman–Crippen LogP) is 8.68. The second-order valence-corrected chi connectivity index (χ2v) is 14.9. The molecule has 3 nitrogen and oxygen atoms in total. The number of alkyl halides is 5. The number of hydrogen-bond donors (Lipinski definition) is 2. The molecule has 3 aliphatic rings. The van der Waals surface area contributed by atoms with E-state index in [-0.39, 0.29) is 17.3 Å². The van der Waals surface area contributed by atoms with Crippen molar-refractivity contribution in [3.05, 3.63) is 29.3 Å². The van der Waals surface area contributed by atoms with Crippen LogP contribution in [0.1, 0.15) is 114 Å². The summed E-state index contributed by atoms with van der Waals surface area (Å²) in [5.74, 6) is -1.91. The van der Waals surface area contributed by atoms with Gasteiger partial charge in [0.1, 0.15) is 5.75 Å². The smallest absolute Gasteiger partial charge is 0.453 e. The Bertz CT molecular complexity index is 1030. The largest absolute Gasteiger partial charge is 0.508 e. The lowest BCUT2D eigenvalue weighted by Gasteiger charge is -2.53. The SMILES string of the molecule is C[C@]12CC[C@@H]3c4ccc(O)cc4C[C@@H](CCCCCCCCC[S@](=O)CCCC(F)(F)C(F)(F)F)[C@@H]3[C@@H]1CC[C@@H]2O. The number of rotatable bonds is 14. The highest BCUT2D eigenvalue weighted by molar-refractivity contribution is 7.84. The maximum atomic E-state index is 13.0. The molecule has 3 aliphatic carbocycles. The molecule has 1 aromatic rings. The molecule has 1 aromatic carbocycles. The molecule has 2 saturated carbocycles. The normalized spacial score (nSPS) is 30.5. The number of phenols is 1. The molecule has 7 atom stereocenters. The minimum absolute atomic E-state index is 0.0195. The van der Waals surface area contributed by atoms with E-state index in [4.69, 9.17) is 0 Å². The molecule has 9 heteroatoms. The molecule has 0 heterocycles. The summed E-state index contributed by atoms with van der Waals surface area (Å²) in [6.45, 7) is 2.30. The third-order valence-electron chi connectivity index (χ3n) is 10.6. The van der Waals surface area contributed by atoms with Gasteiger partial charge in [0.25, 0.3) is 0 Å². The quantitative estimate of drug-likeness (QED) is 0.165. The van der Waals surface area contributed by atoms with Crippen molar-refractivity contribution >= 4 is 10.8 Å². The number of halogens is 5. The summed E-state index contributed by atoms with van der Waals surface area (Å²) >= 11 is 0. The van der Waals surface area contributed by atoms with E-state index in [1.165, 1.54) is 11.1 Å². The van der Waals surface area contributed by atoms with E-state index in [9.17, 15) is 36.4 Å². The third kappa shape index (κ3) is 7.66. The van der Waals surface area contributed by atoms with E-state index in [0.717, 1.165) is 77.0 Å². The van der Waals surface area contributed by atoms with Gasteiger partial charge in [0, 0.05) is 28.7 Å². The zero-order valence-corrected chi connectivity index (χ0v) is 25.1. The van der Waals surface area contributed by atoms with Crippen LogP contribution < -0.4 is 0 Å². The van der Waals surface area contributed by atoms with Gasteiger partial charge >= 0.3 is 12.1 Å². The van der Waals surface area contributed by atoms with Crippen molar-refractivity contribution in [1.82, 2.24) is 0 Å². The maximum absolute atomic E-state index is 13.0. The van der Waals surface area contributed by atoms with Crippen molar-refractivity contribution in [3.63, 3.8) is 0 Å². The van der Waals surface area contributed by atoms with Crippen LogP contribution in [0.15, 0.2) is 18.2 Å². The molecule has 0 saturated heterocycles. The highest BCUT2D eigenvalue weighted by Crippen LogP contribution is 2.62. The van der Waals surface area contributed by atoms with E-state index in [1.807, 2.05) is 12.1 Å². The average molecular weight is 607 g/mol. The van der Waals surface area contributed by atoms with Crippen molar-refractivity contribution in [2.75, 3.05) is 11.5 Å². The van der Waals surface area contributed by atoms with Crippen LogP contribution in [0.2, 0.25) is 0 Å². The number of phenolic OH excluding ortho intramolecular Hbond substituents is 1. The van der Waals surface area contributed by atoms with E-state index in [0.29, 0.717) is 41.6 Å². The molecule has 0 unspecified atom stereocenters. The summed E-state index contributed by atoms with van der Waals surface area (Å²) in [5, 5.41) is 21.0. The average Bonchev–Trinajstić information content (AvgIpc) is 3.20. The fourth-order valence-corrected chi connectivity index (χ4v) is 9.48. The molecule has 0 amide bonds. The topological polar surface area (TPSA) is 57.5 Å². The third-order valence-corrected chi connectivity index (χ3v) is 12.0. The number of unbranched alkanes of at least 4 members (excludes halogenated alkanes) is 6. The Morgan fingerprint density at radius 1 is 0.927 bits per heavy atom. The first-order chi connectivity index (χ1) is 19.3. The Hall–Kier alpha value is -1.22. The second kappa shape index (κ2) is 13.6. The van der Waals surface area contributed by atoms with Gasteiger partial charge in [-0.3, -0.25) is 4.21 Å². The standard InChI is InChI=1S/C32H47F5O3S/c1-30-17-15-26-25-12-11-24(38)21-23(25)20-22(29(26)27(30)13-14-28(30)39)10-7-5-3-2-4-6-8-18-41(40)19-9-16-31(33,34)32(35,36)37/h11-12,21-22,26-29,38-39H,2-10,13-20H2,1H3/t22-,26-,27+,28+,29+,30+,41+/m1/s1. The van der Waals surface area contributed by atoms with Gasteiger partial charge in [-0.2, -0.15) is 22.0 Å². The lowest BCUT2D eigenvalue weighted by atomic mass is 9.52. The minimum Gasteiger partial charge on any atom is -0.508 e. The van der Waals surface area contributed by atoms with Crippen LogP contribution in [0, 0.1) is 23.2 Å². The Morgan fingerprint density at radius 2 is 1.59 bits per heavy atom. The Labute approximate surface area is 244 Å². The van der Waals surface area contributed by atoms with Crippen molar-refractivity contribution < 1.29 is 36.4 Å². The summed E-state index contributed by atoms with van der Waals surface area (Å²) in [5.41, 5.74) is 2.73. The molecule has 41 heavy (non-hydrogen) atoms. The fourth-order valence-electron chi connectivity index (χ4n) is 8.28. The number of fused-ring (bicyclic) bond motifs is 5. The van der Waals surface area contributed by atoms with Gasteiger partial charge in [-0.05, 0) is 104 Å². The molecule has 0 spiro atoms. The number of hydrogen-bond acceptors (Lipinski definition) is 3. The zero-order chi connectivity index (χ0) is 29.8. The van der Waals surface area contributed by atoms with Gasteiger partial charge in [-0.15, -0.1) is 0 Å². The number of aliphatic hydroxyl groups excluding tert-OH is 1. The van der Waals surface area contributed by atoms with E-state index in [1.54, 1.807) is 0 Å². The van der Waals surface area contributed by atoms with Gasteiger partial charge in [-0.25, -0.2) is 0 Å². The molecule has 0 aliphatic heterocycles. The molecular weight excluding hydrogens is 559 g/mol. The van der Waals surface area contributed by atoms with Gasteiger partial charge in [0.05, 0.1) is 6.10 Å². The molecule has 234 valence electrons. The molecule has 0 bridgehead atoms. The van der Waals surface area contributed by atoms with E-state index < -0.39 is 35.7 Å². The van der Waals surface area contributed by atoms with Crippen LogP contribution in [0.25, 0.3) is 0 Å². The zero-order valence-electron chi connectivity index (χ0n) is 24.2. The Kier molecular flexibility index (Phi) is 10.8. The summed E-state index contributed by atoms with van der Waals surface area (Å²) < 4.78 is 74.5. The molecule has 4 rings (SSSR count). The van der Waals surface area contributed by atoms with Gasteiger partial charge in [-0.1, -0.05) is 51.5 Å². The van der Waals surface area contributed by atoms with Gasteiger partial charge in [0.15, 0.2) is 0 Å². The van der Waals surface area contributed by atoms with Crippen LogP contribution >= 0.6 is 0 Å². The van der Waals surface area contributed by atoms with Gasteiger partial charge in [0.2, 0.25) is 0 Å². The second-order valence-electron chi connectivity index (χ2n) is 13.2. The van der Waals surface area contributed by atoms with E-state index in [2.05, 4.69) is 13.0 Å². The van der Waals surface area contributed by atoms with Crippen LogP contribution in [0.4, 0.5) is 22.0 Å². The highest BCUT2D eigenvalue weighted by atomic mass is 32.2. The maximum Gasteiger partial charge on any atom is 0.453 e. The Morgan fingerprint density at radius 3 is 2.29 bits per heavy atom.